The van der Waals surface area contributed by atoms with Crippen LogP contribution in [0.3, 0.4) is 0 Å². The molecule has 1 amide bonds. The third kappa shape index (κ3) is 4.22. The number of aromatic nitrogens is 2. The molecule has 2 aromatic rings. The zero-order valence-electron chi connectivity index (χ0n) is 16.0. The van der Waals surface area contributed by atoms with Gasteiger partial charge in [0.05, 0.1) is 12.6 Å². The molecule has 7 nitrogen and oxygen atoms in total. The first-order chi connectivity index (χ1) is 12.8. The quantitative estimate of drug-likeness (QED) is 0.723. The lowest BCUT2D eigenvalue weighted by Crippen LogP contribution is -2.27. The molecule has 1 aliphatic rings. The van der Waals surface area contributed by atoms with Gasteiger partial charge in [-0.05, 0) is 57.7 Å². The van der Waals surface area contributed by atoms with E-state index in [0.29, 0.717) is 22.3 Å². The van der Waals surface area contributed by atoms with Gasteiger partial charge in [0.1, 0.15) is 17.0 Å². The molecule has 142 valence electrons. The second-order valence-electron chi connectivity index (χ2n) is 7.37. The normalized spacial score (nSPS) is 14.0. The molecule has 0 N–H and O–H groups in total. The third-order valence-electron chi connectivity index (χ3n) is 4.13. The Balaban J connectivity index is 2.01. The smallest absolute Gasteiger partial charge is 0.435 e. The van der Waals surface area contributed by atoms with Crippen LogP contribution in [-0.4, -0.2) is 52.5 Å². The van der Waals surface area contributed by atoms with Gasteiger partial charge < -0.3 is 14.4 Å². The molecule has 7 heteroatoms. The molecule has 1 aromatic carbocycles. The highest BCUT2D eigenvalue weighted by molar-refractivity contribution is 5.97. The summed E-state index contributed by atoms with van der Waals surface area (Å²) >= 11 is 0. The fraction of sp³-hybridized carbons (Fsp3) is 0.450. The van der Waals surface area contributed by atoms with Crippen LogP contribution in [0.4, 0.5) is 4.79 Å². The van der Waals surface area contributed by atoms with Gasteiger partial charge in [0.25, 0.3) is 5.91 Å². The van der Waals surface area contributed by atoms with Crippen LogP contribution >= 0.6 is 0 Å². The summed E-state index contributed by atoms with van der Waals surface area (Å²) in [6.07, 6.45) is 1.40. The lowest BCUT2D eigenvalue weighted by Gasteiger charge is -2.19. The molecular weight excluding hydrogens is 346 g/mol. The number of nitrogens with zero attached hydrogens (tertiary/aromatic N) is 3. The summed E-state index contributed by atoms with van der Waals surface area (Å²) < 4.78 is 11.8. The number of likely N-dealkylation sites (tertiary alicyclic amines) is 1. The number of amides is 1. The van der Waals surface area contributed by atoms with E-state index < -0.39 is 11.7 Å². The summed E-state index contributed by atoms with van der Waals surface area (Å²) in [4.78, 5) is 26.4. The highest BCUT2D eigenvalue weighted by atomic mass is 16.6. The van der Waals surface area contributed by atoms with E-state index in [2.05, 4.69) is 16.9 Å². The Kier molecular flexibility index (Phi) is 5.08. The van der Waals surface area contributed by atoms with Crippen molar-refractivity contribution in [2.75, 3.05) is 20.2 Å². The lowest BCUT2D eigenvalue weighted by atomic mass is 10.2. The number of benzene rings is 1. The molecule has 27 heavy (non-hydrogen) atoms. The van der Waals surface area contributed by atoms with E-state index in [4.69, 9.17) is 9.47 Å². The Labute approximate surface area is 158 Å². The number of ether oxygens (including phenoxy) is 2. The van der Waals surface area contributed by atoms with Crippen LogP contribution < -0.4 is 4.74 Å². The van der Waals surface area contributed by atoms with Crippen molar-refractivity contribution in [3.05, 3.63) is 23.9 Å². The largest absolute Gasteiger partial charge is 0.497 e. The minimum atomic E-state index is -0.653. The van der Waals surface area contributed by atoms with E-state index in [1.807, 2.05) is 0 Å². The average Bonchev–Trinajstić information content (AvgIpc) is 3.26. The van der Waals surface area contributed by atoms with Crippen molar-refractivity contribution in [1.82, 2.24) is 14.7 Å². The molecule has 0 bridgehead atoms. The standard InChI is InChI=1S/C20H23N3O4/c1-20(2,3)27-19(25)23-17-9-7-14(26-4)13-15(17)16(21-23)8-10-18(24)22-11-5-6-12-22/h7,9,13H,5-6,11-12H2,1-4H3. The third-order valence-corrected chi connectivity index (χ3v) is 4.13. The maximum Gasteiger partial charge on any atom is 0.435 e. The number of hydrogen-bond acceptors (Lipinski definition) is 5. The van der Waals surface area contributed by atoms with Crippen molar-refractivity contribution < 1.29 is 19.1 Å². The van der Waals surface area contributed by atoms with Crippen LogP contribution in [0.5, 0.6) is 5.75 Å². The van der Waals surface area contributed by atoms with Crippen LogP contribution in [0.2, 0.25) is 0 Å². The topological polar surface area (TPSA) is 73.7 Å². The summed E-state index contributed by atoms with van der Waals surface area (Å²) in [6, 6.07) is 5.20. The van der Waals surface area contributed by atoms with Gasteiger partial charge >= 0.3 is 6.09 Å². The predicted octanol–water partition coefficient (Wildman–Crippen LogP) is 2.80. The lowest BCUT2D eigenvalue weighted by molar-refractivity contribution is -0.124. The molecule has 0 spiro atoms. The molecule has 1 saturated heterocycles. The van der Waals surface area contributed by atoms with Crippen molar-refractivity contribution in [3.63, 3.8) is 0 Å². The zero-order valence-corrected chi connectivity index (χ0v) is 16.0. The van der Waals surface area contributed by atoms with Crippen LogP contribution in [0.1, 0.15) is 39.3 Å². The van der Waals surface area contributed by atoms with E-state index in [0.717, 1.165) is 25.9 Å². The van der Waals surface area contributed by atoms with Gasteiger partial charge in [0, 0.05) is 24.4 Å². The Morgan fingerprint density at radius 1 is 1.19 bits per heavy atom. The van der Waals surface area contributed by atoms with Crippen molar-refractivity contribution in [1.29, 1.82) is 0 Å². The summed E-state index contributed by atoms with van der Waals surface area (Å²) in [5.74, 6) is 5.84. The number of rotatable bonds is 1. The molecule has 0 radical (unpaired) electrons. The van der Waals surface area contributed by atoms with Gasteiger partial charge in [0.2, 0.25) is 0 Å². The molecule has 1 aromatic heterocycles. The molecule has 3 rings (SSSR count). The van der Waals surface area contributed by atoms with E-state index >= 15 is 0 Å². The second-order valence-corrected chi connectivity index (χ2v) is 7.37. The Bertz CT molecular complexity index is 938. The summed E-state index contributed by atoms with van der Waals surface area (Å²) in [5, 5.41) is 4.92. The first kappa shape index (κ1) is 18.8. The van der Waals surface area contributed by atoms with Crippen LogP contribution in [0.15, 0.2) is 18.2 Å². The van der Waals surface area contributed by atoms with E-state index in [-0.39, 0.29) is 5.91 Å². The highest BCUT2D eigenvalue weighted by Crippen LogP contribution is 2.24. The van der Waals surface area contributed by atoms with Crippen LogP contribution in [0, 0.1) is 11.8 Å². The number of fused-ring (bicyclic) bond motifs is 1. The molecule has 1 fully saturated rings. The highest BCUT2D eigenvalue weighted by Gasteiger charge is 2.22. The van der Waals surface area contributed by atoms with Crippen molar-refractivity contribution in [3.8, 4) is 17.6 Å². The molecule has 1 aliphatic heterocycles. The van der Waals surface area contributed by atoms with Gasteiger partial charge in [-0.1, -0.05) is 0 Å². The molecule has 0 aliphatic carbocycles. The van der Waals surface area contributed by atoms with Crippen molar-refractivity contribution in [2.45, 2.75) is 39.2 Å². The zero-order chi connectivity index (χ0) is 19.6. The van der Waals surface area contributed by atoms with Crippen molar-refractivity contribution >= 4 is 22.9 Å². The van der Waals surface area contributed by atoms with Crippen LogP contribution in [0.25, 0.3) is 10.9 Å². The molecule has 0 atom stereocenters. The van der Waals surface area contributed by atoms with E-state index in [9.17, 15) is 9.59 Å². The van der Waals surface area contributed by atoms with Gasteiger partial charge in [-0.25, -0.2) is 4.79 Å². The maximum absolute atomic E-state index is 12.5. The number of carbonyl (C=O) groups excluding carboxylic acids is 2. The minimum Gasteiger partial charge on any atom is -0.497 e. The van der Waals surface area contributed by atoms with Crippen LogP contribution in [-0.2, 0) is 9.53 Å². The van der Waals surface area contributed by atoms with Gasteiger partial charge in [-0.15, -0.1) is 0 Å². The van der Waals surface area contributed by atoms with E-state index in [1.54, 1.807) is 51.0 Å². The monoisotopic (exact) mass is 369 g/mol. The number of hydrogen-bond donors (Lipinski definition) is 0. The van der Waals surface area contributed by atoms with Gasteiger partial charge in [-0.2, -0.15) is 9.78 Å². The summed E-state index contributed by atoms with van der Waals surface area (Å²) in [6.45, 7) is 6.82. The minimum absolute atomic E-state index is 0.227. The summed E-state index contributed by atoms with van der Waals surface area (Å²) in [7, 11) is 1.56. The van der Waals surface area contributed by atoms with Gasteiger partial charge in [-0.3, -0.25) is 4.79 Å². The number of methoxy groups -OCH3 is 1. The predicted molar refractivity (Wildman–Crippen MR) is 101 cm³/mol. The molecule has 2 heterocycles. The van der Waals surface area contributed by atoms with Crippen molar-refractivity contribution in [2.24, 2.45) is 0 Å². The fourth-order valence-electron chi connectivity index (χ4n) is 2.87. The Morgan fingerprint density at radius 3 is 2.52 bits per heavy atom. The maximum atomic E-state index is 12.5. The Hall–Kier alpha value is -3.01. The summed E-state index contributed by atoms with van der Waals surface area (Å²) in [5.41, 5.74) is 0.227. The fourth-order valence-corrected chi connectivity index (χ4v) is 2.87. The van der Waals surface area contributed by atoms with E-state index in [1.165, 1.54) is 4.68 Å². The second kappa shape index (κ2) is 7.31. The SMILES string of the molecule is COc1ccc2c(c1)c(C#CC(=O)N1CCCC1)nn2C(=O)OC(C)(C)C. The molecular formula is C20H23N3O4. The van der Waals surface area contributed by atoms with Gasteiger partial charge in [0.15, 0.2) is 0 Å². The Morgan fingerprint density at radius 2 is 1.89 bits per heavy atom. The average molecular weight is 369 g/mol. The first-order valence-electron chi connectivity index (χ1n) is 8.89. The molecule has 0 unspecified atom stereocenters. The number of carbonyl (C=O) groups is 2. The molecule has 0 saturated carbocycles. The first-order valence-corrected chi connectivity index (χ1v) is 8.89.